The molecule has 3 rings (SSSR count). The molecule has 0 amide bonds. The fraction of sp³-hybridized carbons (Fsp3) is 0.167. The Bertz CT molecular complexity index is 1310. The van der Waals surface area contributed by atoms with Gasteiger partial charge in [-0.05, 0) is 36.4 Å². The van der Waals surface area contributed by atoms with E-state index in [1.54, 1.807) is 0 Å². The first kappa shape index (κ1) is 23.0. The van der Waals surface area contributed by atoms with Gasteiger partial charge in [-0.2, -0.15) is 21.6 Å². The van der Waals surface area contributed by atoms with Crippen LogP contribution < -0.4 is 4.18 Å². The van der Waals surface area contributed by atoms with Crippen molar-refractivity contribution in [3.8, 4) is 17.1 Å². The third-order valence-electron chi connectivity index (χ3n) is 4.15. The number of alkyl halides is 3. The fourth-order valence-electron chi connectivity index (χ4n) is 2.83. The number of furan rings is 1. The summed E-state index contributed by atoms with van der Waals surface area (Å²) >= 11 is 0. The Labute approximate surface area is 176 Å². The number of carboxylic acids is 1. The van der Waals surface area contributed by atoms with Crippen LogP contribution in [0.4, 0.5) is 23.2 Å². The maximum Gasteiger partial charge on any atom is 0.390 e. The van der Waals surface area contributed by atoms with Gasteiger partial charge in [-0.3, -0.25) is 10.1 Å². The lowest BCUT2D eigenvalue weighted by molar-refractivity contribution is -0.383. The lowest BCUT2D eigenvalue weighted by Crippen LogP contribution is -2.20. The van der Waals surface area contributed by atoms with E-state index in [4.69, 9.17) is 4.42 Å². The molecule has 1 heterocycles. The number of nitrogens with zero attached hydrogens (tertiary/aromatic N) is 1. The van der Waals surface area contributed by atoms with Gasteiger partial charge in [-0.25, -0.2) is 9.18 Å². The number of benzene rings is 2. The van der Waals surface area contributed by atoms with Crippen LogP contribution in [-0.4, -0.2) is 36.3 Å². The van der Waals surface area contributed by atoms with Gasteiger partial charge in [0.25, 0.3) is 0 Å². The highest BCUT2D eigenvalue weighted by atomic mass is 32.2. The molecule has 0 radical (unpaired) electrons. The van der Waals surface area contributed by atoms with Gasteiger partial charge in [0.1, 0.15) is 28.1 Å². The van der Waals surface area contributed by atoms with E-state index >= 15 is 0 Å². The van der Waals surface area contributed by atoms with Gasteiger partial charge >= 0.3 is 28.0 Å². The summed E-state index contributed by atoms with van der Waals surface area (Å²) in [4.78, 5) is 22.4. The van der Waals surface area contributed by atoms with Crippen LogP contribution in [0.2, 0.25) is 0 Å². The molecule has 0 aliphatic heterocycles. The molecule has 0 saturated carbocycles. The highest BCUT2D eigenvalue weighted by Gasteiger charge is 2.35. The van der Waals surface area contributed by atoms with E-state index in [1.165, 1.54) is 0 Å². The molecule has 9 nitrogen and oxygen atoms in total. The van der Waals surface area contributed by atoms with Crippen molar-refractivity contribution in [2.24, 2.45) is 0 Å². The first-order chi connectivity index (χ1) is 14.8. The molecule has 0 unspecified atom stereocenters. The summed E-state index contributed by atoms with van der Waals surface area (Å²) in [5.74, 6) is -5.22. The number of hydrogen-bond donors (Lipinski definition) is 1. The summed E-state index contributed by atoms with van der Waals surface area (Å²) in [6.07, 6.45) is -6.58. The number of nitro groups is 1. The minimum absolute atomic E-state index is 0.0505. The Kier molecular flexibility index (Phi) is 5.82. The molecule has 1 N–H and O–H groups in total. The van der Waals surface area contributed by atoms with Crippen LogP contribution in [-0.2, 0) is 10.1 Å². The quantitative estimate of drug-likeness (QED) is 0.227. The normalized spacial score (nSPS) is 12.1. The largest absolute Gasteiger partial charge is 0.478 e. The lowest BCUT2D eigenvalue weighted by Gasteiger charge is -2.09. The zero-order valence-electron chi connectivity index (χ0n) is 15.6. The van der Waals surface area contributed by atoms with Crippen molar-refractivity contribution in [3.63, 3.8) is 0 Å². The van der Waals surface area contributed by atoms with E-state index in [-0.39, 0.29) is 16.9 Å². The summed E-state index contributed by atoms with van der Waals surface area (Å²) in [5, 5.41) is 20.7. The number of nitro benzene ring substituents is 1. The zero-order chi connectivity index (χ0) is 23.8. The van der Waals surface area contributed by atoms with Gasteiger partial charge in [0.2, 0.25) is 5.75 Å². The third-order valence-corrected chi connectivity index (χ3v) is 5.28. The topological polar surface area (TPSA) is 137 Å². The van der Waals surface area contributed by atoms with Crippen LogP contribution >= 0.6 is 0 Å². The number of fused-ring (bicyclic) bond motifs is 1. The molecule has 2 aromatic carbocycles. The smallest absolute Gasteiger partial charge is 0.390 e. The van der Waals surface area contributed by atoms with E-state index in [9.17, 15) is 46.0 Å². The third kappa shape index (κ3) is 4.80. The molecule has 32 heavy (non-hydrogen) atoms. The van der Waals surface area contributed by atoms with E-state index in [0.29, 0.717) is 0 Å². The Hall–Kier alpha value is -3.68. The van der Waals surface area contributed by atoms with Gasteiger partial charge in [-0.1, -0.05) is 0 Å². The van der Waals surface area contributed by atoms with E-state index in [0.717, 1.165) is 36.4 Å². The van der Waals surface area contributed by atoms with Gasteiger partial charge in [0.15, 0.2) is 0 Å². The number of carbonyl (C=O) groups is 1. The van der Waals surface area contributed by atoms with Gasteiger partial charge in [0, 0.05) is 5.56 Å². The second kappa shape index (κ2) is 8.11. The molecular weight excluding hydrogens is 466 g/mol. The van der Waals surface area contributed by atoms with E-state index in [1.807, 2.05) is 0 Å². The van der Waals surface area contributed by atoms with Crippen molar-refractivity contribution in [3.05, 3.63) is 57.9 Å². The number of hydrogen-bond acceptors (Lipinski definition) is 7. The maximum atomic E-state index is 13.2. The zero-order valence-corrected chi connectivity index (χ0v) is 16.4. The van der Waals surface area contributed by atoms with Gasteiger partial charge in [-0.15, -0.1) is 0 Å². The highest BCUT2D eigenvalue weighted by molar-refractivity contribution is 7.87. The minimum atomic E-state index is -4.92. The fourth-order valence-corrected chi connectivity index (χ4v) is 3.80. The second-order valence-corrected chi connectivity index (χ2v) is 8.06. The van der Waals surface area contributed by atoms with Gasteiger partial charge in [0.05, 0.1) is 17.1 Å². The molecule has 0 fully saturated rings. The summed E-state index contributed by atoms with van der Waals surface area (Å²) in [6, 6.07) is 6.02. The standard InChI is InChI=1S/C18H11F4NO8S/c19-10-3-1-9(2-4-10)16-14(17(24)25)13-11(30-16)5-6-12(15(13)23(26)27)31-32(28,29)8-7-18(20,21)22/h1-6H,7-8H2,(H,24,25). The average Bonchev–Trinajstić information content (AvgIpc) is 3.05. The second-order valence-electron chi connectivity index (χ2n) is 6.37. The molecule has 0 bridgehead atoms. The van der Waals surface area contributed by atoms with Gasteiger partial charge < -0.3 is 13.7 Å². The van der Waals surface area contributed by atoms with Crippen molar-refractivity contribution in [1.82, 2.24) is 0 Å². The summed E-state index contributed by atoms with van der Waals surface area (Å²) in [6.45, 7) is 0. The Morgan fingerprint density at radius 2 is 1.78 bits per heavy atom. The molecule has 0 saturated heterocycles. The first-order valence-corrected chi connectivity index (χ1v) is 10.1. The van der Waals surface area contributed by atoms with E-state index in [2.05, 4.69) is 4.18 Å². The Morgan fingerprint density at radius 3 is 2.31 bits per heavy atom. The first-order valence-electron chi connectivity index (χ1n) is 8.51. The van der Waals surface area contributed by atoms with Crippen LogP contribution in [0, 0.1) is 15.9 Å². The molecular formula is C18H11F4NO8S. The predicted molar refractivity (Wildman–Crippen MR) is 100 cm³/mol. The molecule has 0 aliphatic rings. The predicted octanol–water partition coefficient (Wildman–Crippen LogP) is 4.51. The highest BCUT2D eigenvalue weighted by Crippen LogP contribution is 2.43. The Balaban J connectivity index is 2.20. The molecule has 1 aromatic heterocycles. The van der Waals surface area contributed by atoms with Crippen LogP contribution in [0.25, 0.3) is 22.3 Å². The maximum absolute atomic E-state index is 13.2. The number of aromatic carboxylic acids is 1. The van der Waals surface area contributed by atoms with Crippen molar-refractivity contribution >= 4 is 32.7 Å². The number of carboxylic acid groups (broad SMARTS) is 1. The molecule has 14 heteroatoms. The molecule has 170 valence electrons. The summed E-state index contributed by atoms with van der Waals surface area (Å²) in [7, 11) is -4.92. The summed E-state index contributed by atoms with van der Waals surface area (Å²) < 4.78 is 84.0. The van der Waals surface area contributed by atoms with Crippen LogP contribution in [0.5, 0.6) is 5.75 Å². The van der Waals surface area contributed by atoms with Crippen LogP contribution in [0.3, 0.4) is 0 Å². The van der Waals surface area contributed by atoms with Crippen molar-refractivity contribution < 1.29 is 49.4 Å². The SMILES string of the molecule is O=C(O)c1c(-c2ccc(F)cc2)oc2ccc(OS(=O)(=O)CCC(F)(F)F)c([N+](=O)[O-])c12. The molecule has 0 spiro atoms. The number of rotatable bonds is 7. The van der Waals surface area contributed by atoms with Crippen molar-refractivity contribution in [2.45, 2.75) is 12.6 Å². The van der Waals surface area contributed by atoms with Crippen molar-refractivity contribution in [2.75, 3.05) is 5.75 Å². The minimum Gasteiger partial charge on any atom is -0.478 e. The van der Waals surface area contributed by atoms with Crippen LogP contribution in [0.15, 0.2) is 40.8 Å². The Morgan fingerprint density at radius 1 is 1.16 bits per heavy atom. The van der Waals surface area contributed by atoms with E-state index < -0.39 is 67.6 Å². The summed E-state index contributed by atoms with van der Waals surface area (Å²) in [5.41, 5.74) is -2.16. The lowest BCUT2D eigenvalue weighted by atomic mass is 10.0. The van der Waals surface area contributed by atoms with Crippen LogP contribution in [0.1, 0.15) is 16.8 Å². The monoisotopic (exact) mass is 477 g/mol. The molecule has 0 aliphatic carbocycles. The molecule has 0 atom stereocenters. The number of halogens is 4. The van der Waals surface area contributed by atoms with Crippen molar-refractivity contribution in [1.29, 1.82) is 0 Å². The average molecular weight is 477 g/mol. The molecule has 3 aromatic rings.